The minimum Gasteiger partial charge on any atom is -0.444 e. The Kier molecular flexibility index (Phi) is 7.19. The smallest absolute Gasteiger partial charge is 0.407 e. The SMILES string of the molecule is CC(C)(C)OC(=O)NCCNC(=O)NCc1ccc(S(N)(=O)=O)cc1. The average molecular weight is 372 g/mol. The molecule has 140 valence electrons. The molecule has 10 heteroatoms. The van der Waals surface area contributed by atoms with Crippen LogP contribution in [0.1, 0.15) is 26.3 Å². The number of nitrogens with one attached hydrogen (secondary N) is 3. The lowest BCUT2D eigenvalue weighted by Gasteiger charge is -2.19. The van der Waals surface area contributed by atoms with Crippen LogP contribution in [0.15, 0.2) is 29.2 Å². The Balaban J connectivity index is 2.26. The number of urea groups is 1. The third-order valence-electron chi connectivity index (χ3n) is 2.78. The second kappa shape index (κ2) is 8.67. The van der Waals surface area contributed by atoms with Crippen LogP contribution in [0.2, 0.25) is 0 Å². The molecule has 1 rings (SSSR count). The monoisotopic (exact) mass is 372 g/mol. The van der Waals surface area contributed by atoms with Crippen molar-refractivity contribution in [1.29, 1.82) is 0 Å². The van der Waals surface area contributed by atoms with Crippen molar-refractivity contribution in [1.82, 2.24) is 16.0 Å². The second-order valence-corrected chi connectivity index (χ2v) is 7.79. The number of hydrogen-bond acceptors (Lipinski definition) is 5. The van der Waals surface area contributed by atoms with E-state index in [2.05, 4.69) is 16.0 Å². The van der Waals surface area contributed by atoms with E-state index in [0.29, 0.717) is 0 Å². The number of alkyl carbamates (subject to hydrolysis) is 1. The molecule has 0 spiro atoms. The number of sulfonamides is 1. The first-order valence-corrected chi connectivity index (χ1v) is 9.12. The van der Waals surface area contributed by atoms with Crippen LogP contribution in [-0.2, 0) is 21.3 Å². The van der Waals surface area contributed by atoms with Gasteiger partial charge in [-0.2, -0.15) is 0 Å². The number of benzene rings is 1. The van der Waals surface area contributed by atoms with Crippen molar-refractivity contribution in [3.63, 3.8) is 0 Å². The van der Waals surface area contributed by atoms with Gasteiger partial charge in [0.1, 0.15) is 5.60 Å². The van der Waals surface area contributed by atoms with Crippen molar-refractivity contribution in [3.8, 4) is 0 Å². The Labute approximate surface area is 147 Å². The number of ether oxygens (including phenoxy) is 1. The molecular weight excluding hydrogens is 348 g/mol. The highest BCUT2D eigenvalue weighted by atomic mass is 32.2. The van der Waals surface area contributed by atoms with Gasteiger partial charge in [0.2, 0.25) is 10.0 Å². The van der Waals surface area contributed by atoms with Gasteiger partial charge in [-0.3, -0.25) is 0 Å². The molecule has 0 heterocycles. The summed E-state index contributed by atoms with van der Waals surface area (Å²) in [4.78, 5) is 23.0. The average Bonchev–Trinajstić information content (AvgIpc) is 2.47. The fraction of sp³-hybridized carbons (Fsp3) is 0.467. The zero-order chi connectivity index (χ0) is 19.1. The van der Waals surface area contributed by atoms with E-state index >= 15 is 0 Å². The molecule has 0 saturated heterocycles. The molecule has 0 unspecified atom stereocenters. The molecule has 0 saturated carbocycles. The highest BCUT2D eigenvalue weighted by molar-refractivity contribution is 7.89. The lowest BCUT2D eigenvalue weighted by Crippen LogP contribution is -2.41. The second-order valence-electron chi connectivity index (χ2n) is 6.23. The molecule has 0 aromatic heterocycles. The van der Waals surface area contributed by atoms with Gasteiger partial charge in [0.15, 0.2) is 0 Å². The van der Waals surface area contributed by atoms with Gasteiger partial charge < -0.3 is 20.7 Å². The van der Waals surface area contributed by atoms with Crippen molar-refractivity contribution < 1.29 is 22.7 Å². The van der Waals surface area contributed by atoms with Crippen LogP contribution in [0.5, 0.6) is 0 Å². The summed E-state index contributed by atoms with van der Waals surface area (Å²) >= 11 is 0. The third-order valence-corrected chi connectivity index (χ3v) is 3.71. The molecule has 0 fully saturated rings. The summed E-state index contributed by atoms with van der Waals surface area (Å²) in [6.45, 7) is 5.95. The lowest BCUT2D eigenvalue weighted by molar-refractivity contribution is 0.0528. The van der Waals surface area contributed by atoms with Gasteiger partial charge in [0, 0.05) is 19.6 Å². The van der Waals surface area contributed by atoms with Crippen LogP contribution in [-0.4, -0.2) is 39.2 Å². The van der Waals surface area contributed by atoms with E-state index < -0.39 is 27.7 Å². The fourth-order valence-electron chi connectivity index (χ4n) is 1.70. The van der Waals surface area contributed by atoms with Crippen molar-refractivity contribution >= 4 is 22.1 Å². The van der Waals surface area contributed by atoms with E-state index in [1.54, 1.807) is 32.9 Å². The van der Waals surface area contributed by atoms with E-state index in [9.17, 15) is 18.0 Å². The van der Waals surface area contributed by atoms with Crippen LogP contribution in [0.4, 0.5) is 9.59 Å². The largest absolute Gasteiger partial charge is 0.444 e. The van der Waals surface area contributed by atoms with E-state index in [1.165, 1.54) is 12.1 Å². The fourth-order valence-corrected chi connectivity index (χ4v) is 2.21. The molecule has 1 aromatic rings. The van der Waals surface area contributed by atoms with Gasteiger partial charge in [-0.25, -0.2) is 23.1 Å². The van der Waals surface area contributed by atoms with Crippen molar-refractivity contribution in [2.45, 2.75) is 37.8 Å². The standard InChI is InChI=1S/C15H24N4O5S/c1-15(2,3)24-14(21)18-9-8-17-13(20)19-10-11-4-6-12(7-5-11)25(16,22)23/h4-7H,8-10H2,1-3H3,(H,18,21)(H2,16,22,23)(H2,17,19,20). The maximum Gasteiger partial charge on any atom is 0.407 e. The molecule has 3 amide bonds. The highest BCUT2D eigenvalue weighted by Crippen LogP contribution is 2.08. The van der Waals surface area contributed by atoms with Gasteiger partial charge >= 0.3 is 12.1 Å². The summed E-state index contributed by atoms with van der Waals surface area (Å²) in [6, 6.07) is 5.44. The van der Waals surface area contributed by atoms with Crippen molar-refractivity contribution in [2.24, 2.45) is 5.14 Å². The molecule has 25 heavy (non-hydrogen) atoms. The number of hydrogen-bond donors (Lipinski definition) is 4. The molecule has 0 aliphatic carbocycles. The van der Waals surface area contributed by atoms with Crippen LogP contribution >= 0.6 is 0 Å². The number of carbonyl (C=O) groups excluding carboxylic acids is 2. The van der Waals surface area contributed by atoms with Crippen molar-refractivity contribution in [2.75, 3.05) is 13.1 Å². The summed E-state index contributed by atoms with van der Waals surface area (Å²) in [5.41, 5.74) is 0.141. The molecule has 0 aliphatic heterocycles. The van der Waals surface area contributed by atoms with Crippen LogP contribution in [0, 0.1) is 0 Å². The first kappa shape index (κ1) is 20.7. The number of nitrogens with two attached hydrogens (primary N) is 1. The number of carbonyl (C=O) groups is 2. The first-order valence-electron chi connectivity index (χ1n) is 7.58. The van der Waals surface area contributed by atoms with E-state index in [-0.39, 0.29) is 24.5 Å². The number of primary sulfonamides is 1. The maximum absolute atomic E-state index is 11.6. The topological polar surface area (TPSA) is 140 Å². The van der Waals surface area contributed by atoms with Crippen molar-refractivity contribution in [3.05, 3.63) is 29.8 Å². The lowest BCUT2D eigenvalue weighted by atomic mass is 10.2. The Hall–Kier alpha value is -2.33. The number of amides is 3. The predicted molar refractivity (Wildman–Crippen MR) is 92.3 cm³/mol. The summed E-state index contributed by atoms with van der Waals surface area (Å²) in [5, 5.41) is 12.7. The van der Waals surface area contributed by atoms with E-state index in [4.69, 9.17) is 9.88 Å². The maximum atomic E-state index is 11.6. The normalized spacial score (nSPS) is 11.5. The molecule has 5 N–H and O–H groups in total. The Morgan fingerprint density at radius 1 is 1.04 bits per heavy atom. The molecule has 0 bridgehead atoms. The quantitative estimate of drug-likeness (QED) is 0.543. The molecule has 0 atom stereocenters. The molecule has 0 radical (unpaired) electrons. The van der Waals surface area contributed by atoms with Crippen LogP contribution < -0.4 is 21.1 Å². The summed E-state index contributed by atoms with van der Waals surface area (Å²) in [5.74, 6) is 0. The molecule has 0 aliphatic rings. The van der Waals surface area contributed by atoms with Gasteiger partial charge in [-0.1, -0.05) is 12.1 Å². The van der Waals surface area contributed by atoms with Gasteiger partial charge in [0.25, 0.3) is 0 Å². The summed E-state index contributed by atoms with van der Waals surface area (Å²) in [7, 11) is -3.73. The van der Waals surface area contributed by atoms with Gasteiger partial charge in [0.05, 0.1) is 4.90 Å². The van der Waals surface area contributed by atoms with Gasteiger partial charge in [-0.05, 0) is 38.5 Å². The zero-order valence-electron chi connectivity index (χ0n) is 14.5. The Morgan fingerprint density at radius 2 is 1.60 bits per heavy atom. The highest BCUT2D eigenvalue weighted by Gasteiger charge is 2.15. The summed E-state index contributed by atoms with van der Waals surface area (Å²) in [6.07, 6.45) is -0.551. The zero-order valence-corrected chi connectivity index (χ0v) is 15.3. The minimum absolute atomic E-state index is 0.00826. The molecule has 1 aromatic carbocycles. The van der Waals surface area contributed by atoms with Crippen LogP contribution in [0.3, 0.4) is 0 Å². The number of rotatable bonds is 6. The summed E-state index contributed by atoms with van der Waals surface area (Å²) < 4.78 is 27.3. The Morgan fingerprint density at radius 3 is 2.12 bits per heavy atom. The van der Waals surface area contributed by atoms with Crippen LogP contribution in [0.25, 0.3) is 0 Å². The van der Waals surface area contributed by atoms with E-state index in [0.717, 1.165) is 5.56 Å². The first-order chi connectivity index (χ1) is 11.5. The minimum atomic E-state index is -3.73. The van der Waals surface area contributed by atoms with E-state index in [1.807, 2.05) is 0 Å². The molecular formula is C15H24N4O5S. The Bertz CT molecular complexity index is 696. The van der Waals surface area contributed by atoms with Gasteiger partial charge in [-0.15, -0.1) is 0 Å². The third kappa shape index (κ3) is 8.91. The predicted octanol–water partition coefficient (Wildman–Crippen LogP) is 0.658. The molecule has 9 nitrogen and oxygen atoms in total.